The first-order valence-electron chi connectivity index (χ1n) is 9.28. The summed E-state index contributed by atoms with van der Waals surface area (Å²) in [7, 11) is 0. The zero-order valence-corrected chi connectivity index (χ0v) is 17.5. The highest BCUT2D eigenvalue weighted by Crippen LogP contribution is 2.29. The minimum absolute atomic E-state index is 0.0847. The van der Waals surface area contributed by atoms with Crippen molar-refractivity contribution in [2.45, 2.75) is 39.7 Å². The number of halogens is 1. The van der Waals surface area contributed by atoms with E-state index >= 15 is 0 Å². The number of aryl methyl sites for hydroxylation is 1. The Morgan fingerprint density at radius 1 is 1.24 bits per heavy atom. The minimum Gasteiger partial charge on any atom is -0.394 e. The normalized spacial score (nSPS) is 12.2. The van der Waals surface area contributed by atoms with Gasteiger partial charge in [-0.2, -0.15) is 4.68 Å². The van der Waals surface area contributed by atoms with Gasteiger partial charge in [0, 0.05) is 29.3 Å². The molecule has 0 unspecified atom stereocenters. The number of hydrogen-bond acceptors (Lipinski definition) is 6. The van der Waals surface area contributed by atoms with E-state index in [1.807, 2.05) is 32.9 Å². The van der Waals surface area contributed by atoms with Crippen LogP contribution in [0.5, 0.6) is 0 Å². The van der Waals surface area contributed by atoms with Gasteiger partial charge < -0.3 is 10.4 Å². The van der Waals surface area contributed by atoms with E-state index in [1.165, 1.54) is 0 Å². The number of aliphatic hydroxyl groups excluding tert-OH is 1. The fraction of sp³-hybridized carbons (Fsp3) is 0.350. The average molecular weight is 415 g/mol. The second kappa shape index (κ2) is 8.67. The fourth-order valence-electron chi connectivity index (χ4n) is 2.84. The maximum absolute atomic E-state index is 12.7. The Balaban J connectivity index is 2.16. The third-order valence-corrected chi connectivity index (χ3v) is 4.63. The number of carbonyl (C=O) groups excluding carboxylic acids is 1. The van der Waals surface area contributed by atoms with Crippen molar-refractivity contribution in [1.82, 2.24) is 30.5 Å². The van der Waals surface area contributed by atoms with Gasteiger partial charge >= 0.3 is 0 Å². The number of nitrogens with zero attached hydrogens (tertiary/aromatic N) is 5. The first-order chi connectivity index (χ1) is 13.8. The molecule has 29 heavy (non-hydrogen) atoms. The number of tetrazole rings is 1. The summed E-state index contributed by atoms with van der Waals surface area (Å²) in [6, 6.07) is 6.70. The van der Waals surface area contributed by atoms with Gasteiger partial charge in [0.2, 0.25) is 0 Å². The molecule has 0 bridgehead atoms. The van der Waals surface area contributed by atoms with Gasteiger partial charge in [0.1, 0.15) is 0 Å². The van der Waals surface area contributed by atoms with Crippen molar-refractivity contribution >= 4 is 17.5 Å². The Kier molecular flexibility index (Phi) is 6.24. The molecule has 2 heterocycles. The molecule has 0 spiro atoms. The molecule has 2 aromatic heterocycles. The van der Waals surface area contributed by atoms with Crippen molar-refractivity contribution in [3.8, 4) is 16.9 Å². The molecule has 1 atom stereocenters. The molecular weight excluding hydrogens is 392 g/mol. The predicted molar refractivity (Wildman–Crippen MR) is 110 cm³/mol. The molecular formula is C20H23ClN6O2. The van der Waals surface area contributed by atoms with E-state index in [0.717, 1.165) is 5.56 Å². The monoisotopic (exact) mass is 414 g/mol. The van der Waals surface area contributed by atoms with E-state index in [1.54, 1.807) is 29.9 Å². The molecule has 0 saturated carbocycles. The number of nitrogens with one attached hydrogen (secondary N) is 1. The molecule has 3 rings (SSSR count). The SMILES string of the molecule is Cc1cnc(-c2cc(C(=O)N[C@@H](C)CO)cc(-n3nnnc3C(C)C)c2)c(Cl)c1. The molecule has 8 nitrogen and oxygen atoms in total. The number of rotatable bonds is 6. The Hall–Kier alpha value is -2.84. The number of carbonyl (C=O) groups is 1. The summed E-state index contributed by atoms with van der Waals surface area (Å²) in [5.74, 6) is 0.429. The molecule has 9 heteroatoms. The fourth-order valence-corrected chi connectivity index (χ4v) is 3.17. The van der Waals surface area contributed by atoms with Crippen LogP contribution in [0.1, 0.15) is 48.4 Å². The van der Waals surface area contributed by atoms with Crippen LogP contribution >= 0.6 is 11.6 Å². The van der Waals surface area contributed by atoms with Gasteiger partial charge in [0.25, 0.3) is 5.91 Å². The molecule has 0 fully saturated rings. The largest absolute Gasteiger partial charge is 0.394 e. The summed E-state index contributed by atoms with van der Waals surface area (Å²) in [4.78, 5) is 17.2. The van der Waals surface area contributed by atoms with Gasteiger partial charge in [0.05, 0.1) is 23.0 Å². The van der Waals surface area contributed by atoms with Crippen LogP contribution in [-0.2, 0) is 0 Å². The first kappa shape index (κ1) is 20.9. The van der Waals surface area contributed by atoms with Gasteiger partial charge in [-0.25, -0.2) is 0 Å². The van der Waals surface area contributed by atoms with E-state index in [2.05, 4.69) is 25.8 Å². The summed E-state index contributed by atoms with van der Waals surface area (Å²) in [6.45, 7) is 7.44. The number of pyridine rings is 1. The summed E-state index contributed by atoms with van der Waals surface area (Å²) in [6.07, 6.45) is 1.72. The second-order valence-electron chi connectivity index (χ2n) is 7.27. The third kappa shape index (κ3) is 4.60. The van der Waals surface area contributed by atoms with Crippen LogP contribution in [0.2, 0.25) is 5.02 Å². The zero-order valence-electron chi connectivity index (χ0n) is 16.7. The quantitative estimate of drug-likeness (QED) is 0.642. The predicted octanol–water partition coefficient (Wildman–Crippen LogP) is 2.92. The van der Waals surface area contributed by atoms with E-state index in [-0.39, 0.29) is 24.5 Å². The summed E-state index contributed by atoms with van der Waals surface area (Å²) in [5, 5.41) is 24.4. The van der Waals surface area contributed by atoms with Gasteiger partial charge in [-0.15, -0.1) is 5.10 Å². The minimum atomic E-state index is -0.380. The number of aliphatic hydroxyl groups is 1. The van der Waals surface area contributed by atoms with Crippen LogP contribution in [0.25, 0.3) is 16.9 Å². The van der Waals surface area contributed by atoms with Crippen molar-refractivity contribution in [1.29, 1.82) is 0 Å². The zero-order chi connectivity index (χ0) is 21.1. The van der Waals surface area contributed by atoms with Crippen LogP contribution in [0, 0.1) is 6.92 Å². The van der Waals surface area contributed by atoms with Crippen LogP contribution < -0.4 is 5.32 Å². The van der Waals surface area contributed by atoms with Crippen LogP contribution in [0.15, 0.2) is 30.5 Å². The molecule has 0 radical (unpaired) electrons. The molecule has 152 valence electrons. The highest BCUT2D eigenvalue weighted by molar-refractivity contribution is 6.33. The van der Waals surface area contributed by atoms with Crippen molar-refractivity contribution < 1.29 is 9.90 Å². The van der Waals surface area contributed by atoms with Crippen LogP contribution in [-0.4, -0.2) is 48.9 Å². The highest BCUT2D eigenvalue weighted by atomic mass is 35.5. The lowest BCUT2D eigenvalue weighted by atomic mass is 10.0. The lowest BCUT2D eigenvalue weighted by Gasteiger charge is -2.14. The molecule has 1 amide bonds. The average Bonchev–Trinajstić information content (AvgIpc) is 3.17. The van der Waals surface area contributed by atoms with Gasteiger partial charge in [0.15, 0.2) is 5.82 Å². The second-order valence-corrected chi connectivity index (χ2v) is 7.68. The summed E-state index contributed by atoms with van der Waals surface area (Å²) in [5.41, 5.74) is 3.17. The van der Waals surface area contributed by atoms with Crippen molar-refractivity contribution in [2.75, 3.05) is 6.61 Å². The number of amides is 1. The lowest BCUT2D eigenvalue weighted by molar-refractivity contribution is 0.0922. The van der Waals surface area contributed by atoms with Gasteiger partial charge in [-0.1, -0.05) is 25.4 Å². The molecule has 1 aromatic carbocycles. The molecule has 0 aliphatic carbocycles. The van der Waals surface area contributed by atoms with Gasteiger partial charge in [-0.05, 0) is 54.1 Å². The van der Waals surface area contributed by atoms with Crippen molar-refractivity contribution in [2.24, 2.45) is 0 Å². The van der Waals surface area contributed by atoms with E-state index in [0.29, 0.717) is 33.4 Å². The smallest absolute Gasteiger partial charge is 0.251 e. The maximum Gasteiger partial charge on any atom is 0.251 e. The number of benzene rings is 1. The molecule has 3 aromatic rings. The Labute approximate surface area is 173 Å². The van der Waals surface area contributed by atoms with Gasteiger partial charge in [-0.3, -0.25) is 9.78 Å². The molecule has 0 aliphatic heterocycles. The summed E-state index contributed by atoms with van der Waals surface area (Å²) >= 11 is 6.42. The topological polar surface area (TPSA) is 106 Å². The lowest BCUT2D eigenvalue weighted by Crippen LogP contribution is -2.35. The van der Waals surface area contributed by atoms with Crippen LogP contribution in [0.4, 0.5) is 0 Å². The third-order valence-electron chi connectivity index (χ3n) is 4.34. The molecule has 0 saturated heterocycles. The number of aromatic nitrogens is 5. The van der Waals surface area contributed by atoms with E-state index in [4.69, 9.17) is 11.6 Å². The van der Waals surface area contributed by atoms with Crippen molar-refractivity contribution in [3.63, 3.8) is 0 Å². The highest BCUT2D eigenvalue weighted by Gasteiger charge is 2.18. The summed E-state index contributed by atoms with van der Waals surface area (Å²) < 4.78 is 1.60. The van der Waals surface area contributed by atoms with E-state index in [9.17, 15) is 9.90 Å². The standard InChI is InChI=1S/C20H23ClN6O2/c1-11(2)19-24-25-26-27(19)16-7-14(18-17(21)5-12(3)9-22-18)6-15(8-16)20(29)23-13(4)10-28/h5-9,11,13,28H,10H2,1-4H3,(H,23,29)/t13-/m0/s1. The Bertz CT molecular complexity index is 1030. The maximum atomic E-state index is 12.7. The first-order valence-corrected chi connectivity index (χ1v) is 9.66. The van der Waals surface area contributed by atoms with Crippen LogP contribution in [0.3, 0.4) is 0 Å². The van der Waals surface area contributed by atoms with Crippen molar-refractivity contribution in [3.05, 3.63) is 52.4 Å². The molecule has 0 aliphatic rings. The Morgan fingerprint density at radius 3 is 2.66 bits per heavy atom. The van der Waals surface area contributed by atoms with E-state index < -0.39 is 0 Å². The Morgan fingerprint density at radius 2 is 2.00 bits per heavy atom. The number of hydrogen-bond donors (Lipinski definition) is 2. The molecule has 2 N–H and O–H groups in total.